The van der Waals surface area contributed by atoms with Crippen LogP contribution in [0, 0.1) is 0 Å². The molecule has 13 nitrogen and oxygen atoms in total. The van der Waals surface area contributed by atoms with Gasteiger partial charge in [-0.1, -0.05) is 315 Å². The Bertz CT molecular complexity index is 11400. The van der Waals surface area contributed by atoms with E-state index < -0.39 is 0 Å². The second-order valence-corrected chi connectivity index (χ2v) is 37.4. The van der Waals surface area contributed by atoms with Crippen molar-refractivity contribution < 1.29 is 0 Å². The molecule has 0 aliphatic heterocycles. The number of rotatable bonds is 6. The van der Waals surface area contributed by atoms with Crippen LogP contribution in [0.2, 0.25) is 0 Å². The molecule has 34 aromatic rings. The molecule has 0 unspecified atom stereocenters. The normalized spacial score (nSPS) is 12.4. The van der Waals surface area contributed by atoms with Crippen molar-refractivity contribution in [3.05, 3.63) is 443 Å². The maximum Gasteiger partial charge on any atom is 0.237 e. The summed E-state index contributed by atoms with van der Waals surface area (Å²) in [6.07, 6.45) is 0. The summed E-state index contributed by atoms with van der Waals surface area (Å²) in [5.74, 6) is 4.75. The van der Waals surface area contributed by atoms with Crippen molar-refractivity contribution in [3.8, 4) is 46.2 Å². The van der Waals surface area contributed by atoms with Crippen LogP contribution in [0.5, 0.6) is 0 Å². The Hall–Kier alpha value is -19.2. The average molecular weight is 1790 g/mol. The van der Waals surface area contributed by atoms with E-state index >= 15 is 0 Å². The summed E-state index contributed by atoms with van der Waals surface area (Å²) in [4.78, 5) is 31.9. The molecular weight excluding hydrogens is 1720 g/mol. The van der Waals surface area contributed by atoms with Crippen molar-refractivity contribution in [1.29, 1.82) is 0 Å². The standard InChI is InChI=1S/C44H25N5.2C42H24N4/c1-7-19-33-29(16-1)43(46-44(45-33)49-35-21-9-2-13-26(35)27-14-3-10-22-36(27)49)48-38-24-12-5-17-30(38)40-39(48)25-32-28-15-4-8-20-34(28)47-37-23-11-6-18-31(37)41(40)42(32)47;1-2-14-26-25(12-1)13-11-19-28(26)41-43-33-20-7-3-16-29(33)42(44-41)46-36-23-10-5-17-30(36)38-37(46)24-32-27-15-4-8-21-34(27)45-35-22-9-6-18-31(35)39(38)40(32)45;1-2-12-26-23-27(22-21-25(26)11-1)41-43-33-17-7-3-14-29(33)42(44-41)46-36-20-10-5-15-30(36)38-37(46)24-32-28-13-4-8-18-34(28)45-35-19-9-6-16-31(35)39(38)40(32)45/h1-25H;2*1-24H. The van der Waals surface area contributed by atoms with Crippen LogP contribution in [0.3, 0.4) is 0 Å². The van der Waals surface area contributed by atoms with Crippen molar-refractivity contribution in [1.82, 2.24) is 61.4 Å². The summed E-state index contributed by atoms with van der Waals surface area (Å²) in [5.41, 5.74) is 25.0. The van der Waals surface area contributed by atoms with Gasteiger partial charge >= 0.3 is 0 Å². The number of aromatic nitrogens is 13. The van der Waals surface area contributed by atoms with E-state index in [0.717, 1.165) is 122 Å². The Morgan fingerprint density at radius 2 is 0.426 bits per heavy atom. The van der Waals surface area contributed by atoms with Crippen LogP contribution in [0.1, 0.15) is 0 Å². The molecule has 0 spiro atoms. The van der Waals surface area contributed by atoms with Gasteiger partial charge in [0.05, 0.1) is 110 Å². The van der Waals surface area contributed by atoms with Crippen LogP contribution >= 0.6 is 0 Å². The summed E-state index contributed by atoms with van der Waals surface area (Å²) >= 11 is 0. The Kier molecular flexibility index (Phi) is 15.5. The lowest BCUT2D eigenvalue weighted by atomic mass is 10.0. The van der Waals surface area contributed by atoms with Gasteiger partial charge in [-0.3, -0.25) is 18.3 Å². The molecule has 0 amide bonds. The number of para-hydroxylation sites is 14. The first-order valence-corrected chi connectivity index (χ1v) is 48.1. The fraction of sp³-hybridized carbons (Fsp3) is 0. The second kappa shape index (κ2) is 28.7. The Labute approximate surface area is 800 Å². The molecule has 13 heteroatoms. The topological polar surface area (TPSA) is 110 Å². The fourth-order valence-electron chi connectivity index (χ4n) is 24.5. The quantitative estimate of drug-likeness (QED) is 0.164. The first-order chi connectivity index (χ1) is 70.0. The zero-order valence-corrected chi connectivity index (χ0v) is 75.5. The maximum absolute atomic E-state index is 5.54. The van der Waals surface area contributed by atoms with Gasteiger partial charge in [-0.05, 0) is 149 Å². The third-order valence-electron chi connectivity index (χ3n) is 30.2. The third-order valence-corrected chi connectivity index (χ3v) is 30.2. The van der Waals surface area contributed by atoms with Crippen LogP contribution in [0.15, 0.2) is 443 Å². The molecule has 0 N–H and O–H groups in total. The largest absolute Gasteiger partial charge is 0.308 e. The SMILES string of the molecule is c1ccc2c(-c3nc(-n4c5ccccc5c5c6c7ccccc7n7c8ccccc8c(cc54)c67)c4ccccc4n3)cccc2c1.c1ccc2c(-n3c4ccccc4c4c5c6ccccc6n6c7ccccc7c(cc43)c56)nc(-n3c4ccccc4c4ccccc43)nc2c1.c1ccc2cc(-c3nc(-n4c5ccccc5c5c6c7ccccc7n7c8ccccc8c(cc54)c67)c4ccccc4n3)ccc2c1. The summed E-state index contributed by atoms with van der Waals surface area (Å²) < 4.78 is 16.7. The average Bonchev–Trinajstić information content (AvgIpc) is 1.52. The third kappa shape index (κ3) is 10.4. The Balaban J connectivity index is 0.0000000954. The van der Waals surface area contributed by atoms with Crippen molar-refractivity contribution in [2.75, 3.05) is 0 Å². The molecule has 34 rings (SSSR count). The van der Waals surface area contributed by atoms with Gasteiger partial charge in [-0.2, -0.15) is 4.98 Å². The summed E-state index contributed by atoms with van der Waals surface area (Å²) in [7, 11) is 0. The fourth-order valence-corrected chi connectivity index (χ4v) is 24.5. The number of fused-ring (bicyclic) bond motifs is 38. The molecule has 21 aromatic carbocycles. The molecule has 141 heavy (non-hydrogen) atoms. The van der Waals surface area contributed by atoms with Gasteiger partial charge in [0.1, 0.15) is 11.6 Å². The Morgan fingerprint density at radius 3 is 0.830 bits per heavy atom. The van der Waals surface area contributed by atoms with Crippen LogP contribution in [-0.2, 0) is 0 Å². The first-order valence-electron chi connectivity index (χ1n) is 48.1. The first kappa shape index (κ1) is 76.1. The minimum Gasteiger partial charge on any atom is -0.308 e. The molecule has 650 valence electrons. The number of benzene rings is 21. The van der Waals surface area contributed by atoms with Crippen LogP contribution < -0.4 is 0 Å². The smallest absolute Gasteiger partial charge is 0.237 e. The van der Waals surface area contributed by atoms with E-state index in [-0.39, 0.29) is 0 Å². The molecule has 13 heterocycles. The van der Waals surface area contributed by atoms with Crippen molar-refractivity contribution in [2.24, 2.45) is 0 Å². The minimum absolute atomic E-state index is 0.657. The van der Waals surface area contributed by atoms with Gasteiger partial charge in [0.2, 0.25) is 5.95 Å². The molecule has 0 fully saturated rings. The second-order valence-electron chi connectivity index (χ2n) is 37.4. The van der Waals surface area contributed by atoms with Crippen LogP contribution in [-0.4, -0.2) is 61.4 Å². The zero-order valence-electron chi connectivity index (χ0n) is 75.5. The minimum atomic E-state index is 0.657. The number of hydrogen-bond acceptors (Lipinski definition) is 6. The van der Waals surface area contributed by atoms with Gasteiger partial charge in [0, 0.05) is 135 Å². The van der Waals surface area contributed by atoms with Crippen molar-refractivity contribution in [3.63, 3.8) is 0 Å². The van der Waals surface area contributed by atoms with Gasteiger partial charge in [-0.15, -0.1) is 0 Å². The highest BCUT2D eigenvalue weighted by molar-refractivity contribution is 6.39. The molecule has 0 saturated heterocycles. The van der Waals surface area contributed by atoms with Crippen molar-refractivity contribution in [2.45, 2.75) is 0 Å². The molecular formula is C128H73N13. The van der Waals surface area contributed by atoms with Crippen LogP contribution in [0.25, 0.3) is 302 Å². The van der Waals surface area contributed by atoms with E-state index in [2.05, 4.69) is 474 Å². The predicted octanol–water partition coefficient (Wildman–Crippen LogP) is 32.4. The molecule has 0 atom stereocenters. The maximum atomic E-state index is 5.54. The van der Waals surface area contributed by atoms with Gasteiger partial charge < -0.3 is 13.2 Å². The number of nitrogens with zero attached hydrogens (tertiary/aromatic N) is 13. The van der Waals surface area contributed by atoms with Gasteiger partial charge in [-0.25, -0.2) is 24.9 Å². The highest BCUT2D eigenvalue weighted by atomic mass is 15.2. The van der Waals surface area contributed by atoms with E-state index in [1.165, 1.54) is 174 Å². The molecule has 0 bridgehead atoms. The monoisotopic (exact) mass is 1790 g/mol. The highest BCUT2D eigenvalue weighted by Gasteiger charge is 2.32. The molecule has 0 aliphatic carbocycles. The lowest BCUT2D eigenvalue weighted by molar-refractivity contribution is 0.973. The summed E-state index contributed by atoms with van der Waals surface area (Å²) in [6, 6.07) is 158. The van der Waals surface area contributed by atoms with Gasteiger partial charge in [0.15, 0.2) is 17.5 Å². The molecule has 0 saturated carbocycles. The van der Waals surface area contributed by atoms with E-state index in [1.54, 1.807) is 0 Å². The Morgan fingerprint density at radius 1 is 0.149 bits per heavy atom. The van der Waals surface area contributed by atoms with Crippen molar-refractivity contribution >= 4 is 256 Å². The zero-order chi connectivity index (χ0) is 91.7. The number of hydrogen-bond donors (Lipinski definition) is 0. The van der Waals surface area contributed by atoms with E-state index in [1.807, 2.05) is 0 Å². The molecule has 13 aromatic heterocycles. The van der Waals surface area contributed by atoms with E-state index in [9.17, 15) is 0 Å². The summed E-state index contributed by atoms with van der Waals surface area (Å²) in [5, 5.41) is 32.8. The van der Waals surface area contributed by atoms with E-state index in [0.29, 0.717) is 5.95 Å². The lowest BCUT2D eigenvalue weighted by Gasteiger charge is -2.14. The molecule has 0 aliphatic rings. The summed E-state index contributed by atoms with van der Waals surface area (Å²) in [6.45, 7) is 0. The van der Waals surface area contributed by atoms with E-state index in [4.69, 9.17) is 29.9 Å². The molecule has 0 radical (unpaired) electrons. The van der Waals surface area contributed by atoms with Gasteiger partial charge in [0.25, 0.3) is 0 Å². The highest BCUT2D eigenvalue weighted by Crippen LogP contribution is 2.53. The lowest BCUT2D eigenvalue weighted by Crippen LogP contribution is -2.07. The van der Waals surface area contributed by atoms with Crippen LogP contribution in [0.4, 0.5) is 0 Å². The predicted molar refractivity (Wildman–Crippen MR) is 586 cm³/mol.